The van der Waals surface area contributed by atoms with Crippen molar-refractivity contribution < 1.29 is 9.59 Å². The number of carbonyl (C=O) groups is 2. The highest BCUT2D eigenvalue weighted by Crippen LogP contribution is 2.12. The molecule has 0 bridgehead atoms. The van der Waals surface area contributed by atoms with Crippen molar-refractivity contribution in [3.63, 3.8) is 0 Å². The molecule has 0 radical (unpaired) electrons. The average Bonchev–Trinajstić information content (AvgIpc) is 2.28. The van der Waals surface area contributed by atoms with E-state index < -0.39 is 5.54 Å². The van der Waals surface area contributed by atoms with Gasteiger partial charge in [-0.2, -0.15) is 0 Å². The summed E-state index contributed by atoms with van der Waals surface area (Å²) in [4.78, 5) is 22.9. The van der Waals surface area contributed by atoms with E-state index >= 15 is 0 Å². The molecular formula is C11H12N2O2. The quantitative estimate of drug-likeness (QED) is 0.681. The van der Waals surface area contributed by atoms with E-state index in [-0.39, 0.29) is 11.8 Å². The molecule has 1 aromatic rings. The summed E-state index contributed by atoms with van der Waals surface area (Å²) in [7, 11) is 0. The van der Waals surface area contributed by atoms with Gasteiger partial charge in [0.25, 0.3) is 5.91 Å². The summed E-state index contributed by atoms with van der Waals surface area (Å²) in [5, 5.41) is 5.31. The molecule has 0 aliphatic carbocycles. The highest BCUT2D eigenvalue weighted by molar-refractivity contribution is 6.01. The van der Waals surface area contributed by atoms with Crippen LogP contribution in [0.2, 0.25) is 0 Å². The minimum Gasteiger partial charge on any atom is -0.351 e. The second-order valence-electron chi connectivity index (χ2n) is 3.83. The van der Waals surface area contributed by atoms with Crippen molar-refractivity contribution in [1.82, 2.24) is 10.6 Å². The van der Waals surface area contributed by atoms with Crippen molar-refractivity contribution in [2.45, 2.75) is 12.5 Å². The van der Waals surface area contributed by atoms with Gasteiger partial charge in [0.2, 0.25) is 5.91 Å². The van der Waals surface area contributed by atoms with Crippen molar-refractivity contribution in [2.24, 2.45) is 0 Å². The van der Waals surface area contributed by atoms with Gasteiger partial charge in [-0.05, 0) is 19.1 Å². The number of benzene rings is 1. The molecule has 1 saturated heterocycles. The molecule has 1 aromatic carbocycles. The van der Waals surface area contributed by atoms with E-state index in [4.69, 9.17) is 0 Å². The van der Waals surface area contributed by atoms with Crippen molar-refractivity contribution in [3.05, 3.63) is 35.9 Å². The first-order valence-corrected chi connectivity index (χ1v) is 4.78. The maximum absolute atomic E-state index is 11.7. The molecule has 1 unspecified atom stereocenters. The van der Waals surface area contributed by atoms with Crippen LogP contribution >= 0.6 is 0 Å². The highest BCUT2D eigenvalue weighted by Gasteiger charge is 2.42. The Balaban J connectivity index is 2.08. The van der Waals surface area contributed by atoms with Crippen LogP contribution in [-0.4, -0.2) is 23.9 Å². The van der Waals surface area contributed by atoms with Gasteiger partial charge >= 0.3 is 0 Å². The summed E-state index contributed by atoms with van der Waals surface area (Å²) in [6, 6.07) is 8.86. The zero-order valence-corrected chi connectivity index (χ0v) is 8.41. The van der Waals surface area contributed by atoms with Crippen LogP contribution in [0.5, 0.6) is 0 Å². The van der Waals surface area contributed by atoms with Gasteiger partial charge in [-0.1, -0.05) is 18.2 Å². The van der Waals surface area contributed by atoms with Gasteiger partial charge in [0.1, 0.15) is 5.54 Å². The van der Waals surface area contributed by atoms with Crippen molar-refractivity contribution in [1.29, 1.82) is 0 Å². The fraction of sp³-hybridized carbons (Fsp3) is 0.273. The molecule has 1 heterocycles. The van der Waals surface area contributed by atoms with Crippen LogP contribution in [0.1, 0.15) is 17.3 Å². The Morgan fingerprint density at radius 3 is 2.53 bits per heavy atom. The highest BCUT2D eigenvalue weighted by atomic mass is 16.2. The van der Waals surface area contributed by atoms with Gasteiger partial charge in [-0.25, -0.2) is 0 Å². The number of rotatable bonds is 2. The van der Waals surface area contributed by atoms with Gasteiger partial charge in [0.05, 0.1) is 0 Å². The largest absolute Gasteiger partial charge is 0.351 e. The molecule has 1 fully saturated rings. The number of amides is 2. The fourth-order valence-corrected chi connectivity index (χ4v) is 1.44. The van der Waals surface area contributed by atoms with E-state index in [0.717, 1.165) is 0 Å². The van der Waals surface area contributed by atoms with E-state index in [2.05, 4.69) is 10.6 Å². The molecule has 2 amide bonds. The second kappa shape index (κ2) is 3.38. The number of nitrogens with one attached hydrogen (secondary N) is 2. The van der Waals surface area contributed by atoms with Gasteiger partial charge in [0, 0.05) is 12.1 Å². The van der Waals surface area contributed by atoms with E-state index in [1.165, 1.54) is 0 Å². The maximum atomic E-state index is 11.7. The summed E-state index contributed by atoms with van der Waals surface area (Å²) in [5.74, 6) is -0.347. The third-order valence-electron chi connectivity index (χ3n) is 2.53. The number of hydrogen-bond acceptors (Lipinski definition) is 2. The van der Waals surface area contributed by atoms with Crippen LogP contribution in [0.25, 0.3) is 0 Å². The number of β-lactam (4-membered cyclic amide) rings is 1. The molecule has 4 heteroatoms. The van der Waals surface area contributed by atoms with E-state index in [0.29, 0.717) is 12.1 Å². The van der Waals surface area contributed by atoms with Crippen LogP contribution < -0.4 is 10.6 Å². The molecule has 2 N–H and O–H groups in total. The molecule has 0 aromatic heterocycles. The smallest absolute Gasteiger partial charge is 0.252 e. The van der Waals surface area contributed by atoms with Gasteiger partial charge in [0.15, 0.2) is 0 Å². The Hall–Kier alpha value is -1.84. The number of carbonyl (C=O) groups excluding carboxylic acids is 2. The summed E-state index contributed by atoms with van der Waals surface area (Å²) < 4.78 is 0. The average molecular weight is 204 g/mol. The van der Waals surface area contributed by atoms with Crippen molar-refractivity contribution >= 4 is 11.8 Å². The predicted molar refractivity (Wildman–Crippen MR) is 55.3 cm³/mol. The molecule has 4 nitrogen and oxygen atoms in total. The third-order valence-corrected chi connectivity index (χ3v) is 2.53. The van der Waals surface area contributed by atoms with E-state index in [1.54, 1.807) is 31.2 Å². The fourth-order valence-electron chi connectivity index (χ4n) is 1.44. The monoisotopic (exact) mass is 204 g/mol. The molecule has 2 rings (SSSR count). The van der Waals surface area contributed by atoms with Gasteiger partial charge in [-0.15, -0.1) is 0 Å². The molecule has 0 saturated carbocycles. The molecule has 0 spiro atoms. The van der Waals surface area contributed by atoms with Gasteiger partial charge in [-0.3, -0.25) is 9.59 Å². The second-order valence-corrected chi connectivity index (χ2v) is 3.83. The van der Waals surface area contributed by atoms with E-state index in [1.807, 2.05) is 6.07 Å². The lowest BCUT2D eigenvalue weighted by molar-refractivity contribution is -0.133. The minimum atomic E-state index is -0.743. The zero-order chi connectivity index (χ0) is 10.9. The maximum Gasteiger partial charge on any atom is 0.252 e. The van der Waals surface area contributed by atoms with Crippen LogP contribution in [0.15, 0.2) is 30.3 Å². The topological polar surface area (TPSA) is 58.2 Å². The Morgan fingerprint density at radius 1 is 1.40 bits per heavy atom. The Bertz CT molecular complexity index is 402. The molecule has 1 aliphatic heterocycles. The number of hydrogen-bond donors (Lipinski definition) is 2. The minimum absolute atomic E-state index is 0.133. The summed E-state index contributed by atoms with van der Waals surface area (Å²) in [6.45, 7) is 2.21. The molecular weight excluding hydrogens is 192 g/mol. The molecule has 1 aliphatic rings. The van der Waals surface area contributed by atoms with E-state index in [9.17, 15) is 9.59 Å². The molecule has 15 heavy (non-hydrogen) atoms. The first-order valence-electron chi connectivity index (χ1n) is 4.78. The summed E-state index contributed by atoms with van der Waals surface area (Å²) in [5.41, 5.74) is -0.175. The Kier molecular flexibility index (Phi) is 2.19. The lowest BCUT2D eigenvalue weighted by atomic mass is 9.93. The van der Waals surface area contributed by atoms with Crippen molar-refractivity contribution in [2.75, 3.05) is 6.54 Å². The lowest BCUT2D eigenvalue weighted by Gasteiger charge is -2.37. The Labute approximate surface area is 87.7 Å². The standard InChI is InChI=1S/C11H12N2O2/c1-11(7-12-10(11)15)13-9(14)8-5-3-2-4-6-8/h2-6H,7H2,1H3,(H,12,15)(H,13,14). The first-order chi connectivity index (χ1) is 7.12. The zero-order valence-electron chi connectivity index (χ0n) is 8.41. The van der Waals surface area contributed by atoms with Gasteiger partial charge < -0.3 is 10.6 Å². The third kappa shape index (κ3) is 1.70. The van der Waals surface area contributed by atoms with Crippen LogP contribution in [0, 0.1) is 0 Å². The predicted octanol–water partition coefficient (Wildman–Crippen LogP) is 0.305. The van der Waals surface area contributed by atoms with Crippen LogP contribution in [0.4, 0.5) is 0 Å². The first kappa shape index (κ1) is 9.71. The van der Waals surface area contributed by atoms with Crippen LogP contribution in [0.3, 0.4) is 0 Å². The summed E-state index contributed by atoms with van der Waals surface area (Å²) >= 11 is 0. The van der Waals surface area contributed by atoms with Crippen LogP contribution in [-0.2, 0) is 4.79 Å². The SMILES string of the molecule is CC1(NC(=O)c2ccccc2)CNC1=O. The normalized spacial score (nSPS) is 23.9. The molecule has 1 atom stereocenters. The lowest BCUT2D eigenvalue weighted by Crippen LogP contribution is -2.71. The summed E-state index contributed by atoms with van der Waals surface area (Å²) in [6.07, 6.45) is 0. The van der Waals surface area contributed by atoms with Crippen molar-refractivity contribution in [3.8, 4) is 0 Å². The molecule has 78 valence electrons. The Morgan fingerprint density at radius 2 is 2.07 bits per heavy atom.